The number of carbonyl (C=O) groups excluding carboxylic acids is 3. The van der Waals surface area contributed by atoms with E-state index in [1.54, 1.807) is 12.3 Å². The van der Waals surface area contributed by atoms with Gasteiger partial charge in [0.1, 0.15) is 24.3 Å². The third-order valence-corrected chi connectivity index (χ3v) is 6.15. The second-order valence-electron chi connectivity index (χ2n) is 9.94. The quantitative estimate of drug-likeness (QED) is 0.576. The van der Waals surface area contributed by atoms with Crippen molar-refractivity contribution in [3.05, 3.63) is 46.0 Å². The standard InChI is InChI=1S/C23H28N4O5/c1-14-5-6-17-24-16(7-18(28)26(17)10-14)12-32-19(29)11-27-20(30)23(25-21(27)31)9-15(2)8-22(3,4)13-23/h5-7,10,15H,8-9,11-13H2,1-4H3,(H,25,31)/t15-,23+/m1/s1. The summed E-state index contributed by atoms with van der Waals surface area (Å²) in [6.45, 7) is 7.41. The van der Waals surface area contributed by atoms with Gasteiger partial charge in [-0.15, -0.1) is 0 Å². The molecular weight excluding hydrogens is 412 g/mol. The summed E-state index contributed by atoms with van der Waals surface area (Å²) in [7, 11) is 0. The Labute approximate surface area is 185 Å². The van der Waals surface area contributed by atoms with Gasteiger partial charge in [-0.3, -0.25) is 23.7 Å². The molecule has 0 radical (unpaired) electrons. The number of aryl methyl sites for hydroxylation is 1. The molecule has 0 bridgehead atoms. The summed E-state index contributed by atoms with van der Waals surface area (Å²) in [6, 6.07) is 4.27. The minimum atomic E-state index is -0.967. The number of fused-ring (bicyclic) bond motifs is 1. The molecule has 2 aromatic rings. The highest BCUT2D eigenvalue weighted by Crippen LogP contribution is 2.46. The molecule has 1 spiro atoms. The van der Waals surface area contributed by atoms with E-state index in [-0.39, 0.29) is 29.4 Å². The fraction of sp³-hybridized carbons (Fsp3) is 0.522. The first-order valence-corrected chi connectivity index (χ1v) is 10.8. The summed E-state index contributed by atoms with van der Waals surface area (Å²) in [5.74, 6) is -0.840. The lowest BCUT2D eigenvalue weighted by Gasteiger charge is -2.43. The SMILES string of the molecule is Cc1ccc2nc(COC(=O)CN3C(=O)N[C@]4(C[C@H](C)CC(C)(C)C4)C3=O)cc(=O)n2c1. The van der Waals surface area contributed by atoms with E-state index in [2.05, 4.69) is 31.1 Å². The van der Waals surface area contributed by atoms with Crippen molar-refractivity contribution in [2.45, 2.75) is 59.1 Å². The Bertz CT molecular complexity index is 1170. The number of nitrogens with zero attached hydrogens (tertiary/aromatic N) is 3. The van der Waals surface area contributed by atoms with Gasteiger partial charge in [-0.05, 0) is 49.1 Å². The van der Waals surface area contributed by atoms with Gasteiger partial charge in [0.15, 0.2) is 0 Å². The third-order valence-electron chi connectivity index (χ3n) is 6.15. The topological polar surface area (TPSA) is 110 Å². The monoisotopic (exact) mass is 440 g/mol. The van der Waals surface area contributed by atoms with E-state index < -0.39 is 24.1 Å². The van der Waals surface area contributed by atoms with Gasteiger partial charge < -0.3 is 10.1 Å². The highest BCUT2D eigenvalue weighted by atomic mass is 16.5. The molecule has 9 heteroatoms. The molecule has 0 unspecified atom stereocenters. The van der Waals surface area contributed by atoms with E-state index in [1.165, 1.54) is 10.5 Å². The van der Waals surface area contributed by atoms with Gasteiger partial charge in [0.25, 0.3) is 11.5 Å². The molecule has 1 aliphatic carbocycles. The maximum absolute atomic E-state index is 13.1. The van der Waals surface area contributed by atoms with Crippen molar-refractivity contribution in [3.8, 4) is 0 Å². The van der Waals surface area contributed by atoms with Gasteiger partial charge in [0, 0.05) is 12.3 Å². The molecule has 3 amide bonds. The summed E-state index contributed by atoms with van der Waals surface area (Å²) in [6.07, 6.45) is 3.74. The Hall–Kier alpha value is -3.23. The number of pyridine rings is 1. The van der Waals surface area contributed by atoms with Crippen LogP contribution in [-0.2, 0) is 20.9 Å². The number of aromatic nitrogens is 2. The zero-order chi connectivity index (χ0) is 23.3. The number of hydrogen-bond acceptors (Lipinski definition) is 6. The van der Waals surface area contributed by atoms with Crippen LogP contribution < -0.4 is 10.9 Å². The molecule has 4 rings (SSSR count). The Morgan fingerprint density at radius 2 is 2.00 bits per heavy atom. The predicted molar refractivity (Wildman–Crippen MR) is 116 cm³/mol. The molecule has 2 aromatic heterocycles. The van der Waals surface area contributed by atoms with Crippen LogP contribution in [0.2, 0.25) is 0 Å². The number of imide groups is 1. The minimum absolute atomic E-state index is 0.0918. The first-order valence-electron chi connectivity index (χ1n) is 10.8. The third kappa shape index (κ3) is 4.11. The Kier molecular flexibility index (Phi) is 5.30. The Morgan fingerprint density at radius 1 is 1.25 bits per heavy atom. The van der Waals surface area contributed by atoms with Crippen molar-refractivity contribution in [2.75, 3.05) is 6.54 Å². The predicted octanol–water partition coefficient (Wildman–Crippen LogP) is 2.18. The number of carbonyl (C=O) groups is 3. The van der Waals surface area contributed by atoms with Crippen LogP contribution in [0, 0.1) is 18.3 Å². The molecule has 2 aliphatic rings. The summed E-state index contributed by atoms with van der Waals surface area (Å²) in [5, 5.41) is 2.84. The van der Waals surface area contributed by atoms with Crippen molar-refractivity contribution in [3.63, 3.8) is 0 Å². The van der Waals surface area contributed by atoms with Crippen LogP contribution in [0.4, 0.5) is 4.79 Å². The number of ether oxygens (including phenoxy) is 1. The van der Waals surface area contributed by atoms with E-state index in [1.807, 2.05) is 13.0 Å². The molecule has 2 atom stereocenters. The first-order chi connectivity index (χ1) is 15.0. The highest BCUT2D eigenvalue weighted by molar-refractivity contribution is 6.08. The lowest BCUT2D eigenvalue weighted by molar-refractivity contribution is -0.149. The van der Waals surface area contributed by atoms with Crippen molar-refractivity contribution in [1.82, 2.24) is 19.6 Å². The van der Waals surface area contributed by atoms with Crippen LogP contribution in [-0.4, -0.2) is 44.3 Å². The van der Waals surface area contributed by atoms with Crippen LogP contribution >= 0.6 is 0 Å². The normalized spacial score (nSPS) is 24.8. The van der Waals surface area contributed by atoms with Gasteiger partial charge in [-0.2, -0.15) is 0 Å². The van der Waals surface area contributed by atoms with Crippen molar-refractivity contribution in [1.29, 1.82) is 0 Å². The average molecular weight is 441 g/mol. The van der Waals surface area contributed by atoms with Crippen LogP contribution in [0.15, 0.2) is 29.2 Å². The molecular formula is C23H28N4O5. The Balaban J connectivity index is 1.43. The van der Waals surface area contributed by atoms with Gasteiger partial charge in [0.2, 0.25) is 0 Å². The molecule has 1 N–H and O–H groups in total. The zero-order valence-corrected chi connectivity index (χ0v) is 18.8. The van der Waals surface area contributed by atoms with Crippen LogP contribution in [0.25, 0.3) is 5.65 Å². The number of rotatable bonds is 4. The number of amides is 3. The number of urea groups is 1. The van der Waals surface area contributed by atoms with Crippen molar-refractivity contribution >= 4 is 23.6 Å². The summed E-state index contributed by atoms with van der Waals surface area (Å²) < 4.78 is 6.65. The number of esters is 1. The molecule has 9 nitrogen and oxygen atoms in total. The fourth-order valence-electron chi connectivity index (χ4n) is 5.31. The fourth-order valence-corrected chi connectivity index (χ4v) is 5.31. The van der Waals surface area contributed by atoms with Crippen LogP contribution in [0.5, 0.6) is 0 Å². The van der Waals surface area contributed by atoms with Crippen molar-refractivity contribution in [2.24, 2.45) is 11.3 Å². The molecule has 170 valence electrons. The zero-order valence-electron chi connectivity index (χ0n) is 18.8. The number of nitrogens with one attached hydrogen (secondary N) is 1. The summed E-state index contributed by atoms with van der Waals surface area (Å²) in [4.78, 5) is 55.6. The lowest BCUT2D eigenvalue weighted by Crippen LogP contribution is -2.54. The molecule has 3 heterocycles. The van der Waals surface area contributed by atoms with E-state index in [0.29, 0.717) is 24.2 Å². The van der Waals surface area contributed by atoms with Crippen molar-refractivity contribution < 1.29 is 19.1 Å². The minimum Gasteiger partial charge on any atom is -0.458 e. The molecule has 1 aliphatic heterocycles. The molecule has 1 saturated carbocycles. The first kappa shape index (κ1) is 22.0. The molecule has 2 fully saturated rings. The Morgan fingerprint density at radius 3 is 2.72 bits per heavy atom. The smallest absolute Gasteiger partial charge is 0.326 e. The van der Waals surface area contributed by atoms with Gasteiger partial charge in [-0.1, -0.05) is 26.8 Å². The lowest BCUT2D eigenvalue weighted by atomic mass is 9.64. The van der Waals surface area contributed by atoms with E-state index in [4.69, 9.17) is 4.74 Å². The second-order valence-corrected chi connectivity index (χ2v) is 9.94. The van der Waals surface area contributed by atoms with Crippen LogP contribution in [0.3, 0.4) is 0 Å². The molecule has 0 aromatic carbocycles. The number of hydrogen-bond donors (Lipinski definition) is 1. The molecule has 1 saturated heterocycles. The van der Waals surface area contributed by atoms with Gasteiger partial charge >= 0.3 is 12.0 Å². The second kappa shape index (κ2) is 7.72. The highest BCUT2D eigenvalue weighted by Gasteiger charge is 2.56. The maximum atomic E-state index is 13.1. The average Bonchev–Trinajstić information content (AvgIpc) is 2.88. The van der Waals surface area contributed by atoms with Gasteiger partial charge in [-0.25, -0.2) is 9.78 Å². The maximum Gasteiger partial charge on any atom is 0.326 e. The molecule has 32 heavy (non-hydrogen) atoms. The van der Waals surface area contributed by atoms with E-state index in [9.17, 15) is 19.2 Å². The largest absolute Gasteiger partial charge is 0.458 e. The van der Waals surface area contributed by atoms with E-state index in [0.717, 1.165) is 16.9 Å². The van der Waals surface area contributed by atoms with Crippen LogP contribution in [0.1, 0.15) is 51.3 Å². The van der Waals surface area contributed by atoms with Gasteiger partial charge in [0.05, 0.1) is 5.69 Å². The summed E-state index contributed by atoms with van der Waals surface area (Å²) >= 11 is 0. The van der Waals surface area contributed by atoms with E-state index >= 15 is 0 Å². The summed E-state index contributed by atoms with van der Waals surface area (Å²) in [5.41, 5.74) is 0.317.